The van der Waals surface area contributed by atoms with Crippen LogP contribution in [-0.4, -0.2) is 24.1 Å². The molecule has 0 N–H and O–H groups in total. The Hall–Kier alpha value is -2.42. The van der Waals surface area contributed by atoms with Crippen LogP contribution in [0.4, 0.5) is 5.69 Å². The molecule has 3 nitrogen and oxygen atoms in total. The number of rotatable bonds is 2. The van der Waals surface area contributed by atoms with Gasteiger partial charge in [-0.15, -0.1) is 0 Å². The highest BCUT2D eigenvalue weighted by Gasteiger charge is 2.08. The van der Waals surface area contributed by atoms with E-state index >= 15 is 0 Å². The summed E-state index contributed by atoms with van der Waals surface area (Å²) in [5, 5.41) is 0. The van der Waals surface area contributed by atoms with E-state index in [9.17, 15) is 0 Å². The van der Waals surface area contributed by atoms with Gasteiger partial charge in [0.05, 0.1) is 11.0 Å². The third-order valence-electron chi connectivity index (χ3n) is 3.39. The second-order valence-electron chi connectivity index (χ2n) is 5.18. The van der Waals surface area contributed by atoms with Crippen molar-refractivity contribution in [3.8, 4) is 11.1 Å². The molecule has 0 spiro atoms. The second kappa shape index (κ2) is 4.93. The monoisotopic (exact) mass is 263 g/mol. The van der Waals surface area contributed by atoms with Crippen molar-refractivity contribution in [1.29, 1.82) is 0 Å². The van der Waals surface area contributed by atoms with Gasteiger partial charge in [0, 0.05) is 37.7 Å². The molecule has 0 atom stereocenters. The van der Waals surface area contributed by atoms with E-state index in [1.165, 1.54) is 16.8 Å². The van der Waals surface area contributed by atoms with E-state index in [0.717, 1.165) is 16.6 Å². The van der Waals surface area contributed by atoms with Crippen molar-refractivity contribution in [2.24, 2.45) is 0 Å². The molecule has 0 saturated carbocycles. The molecule has 0 amide bonds. The molecule has 0 aliphatic rings. The standard InChI is InChI=1S/C17H17N3/c1-12-9-15(17-16(10-12)18-7-8-19-17)13-5-4-6-14(11-13)20(2)3/h4-11H,1-3H3. The van der Waals surface area contributed by atoms with Crippen LogP contribution >= 0.6 is 0 Å². The van der Waals surface area contributed by atoms with Gasteiger partial charge in [-0.3, -0.25) is 9.97 Å². The Labute approximate surface area is 118 Å². The molecule has 0 fully saturated rings. The first-order valence-corrected chi connectivity index (χ1v) is 6.64. The molecule has 0 radical (unpaired) electrons. The predicted molar refractivity (Wildman–Crippen MR) is 84.0 cm³/mol. The fraction of sp³-hybridized carbons (Fsp3) is 0.176. The zero-order valence-corrected chi connectivity index (χ0v) is 12.0. The summed E-state index contributed by atoms with van der Waals surface area (Å²) in [6.45, 7) is 2.09. The maximum absolute atomic E-state index is 4.50. The highest BCUT2D eigenvalue weighted by Crippen LogP contribution is 2.29. The molecule has 3 aromatic rings. The lowest BCUT2D eigenvalue weighted by molar-refractivity contribution is 1.13. The molecular formula is C17H17N3. The van der Waals surface area contributed by atoms with Crippen molar-refractivity contribution >= 4 is 16.7 Å². The molecule has 1 aromatic heterocycles. The Bertz CT molecular complexity index is 763. The second-order valence-corrected chi connectivity index (χ2v) is 5.18. The minimum Gasteiger partial charge on any atom is -0.378 e. The molecule has 0 bridgehead atoms. The third-order valence-corrected chi connectivity index (χ3v) is 3.39. The first-order valence-electron chi connectivity index (χ1n) is 6.64. The molecular weight excluding hydrogens is 246 g/mol. The summed E-state index contributed by atoms with van der Waals surface area (Å²) in [6, 6.07) is 12.7. The smallest absolute Gasteiger partial charge is 0.0965 e. The van der Waals surface area contributed by atoms with Crippen molar-refractivity contribution in [2.45, 2.75) is 6.92 Å². The summed E-state index contributed by atoms with van der Waals surface area (Å²) < 4.78 is 0. The van der Waals surface area contributed by atoms with Crippen LogP contribution in [0.2, 0.25) is 0 Å². The van der Waals surface area contributed by atoms with Gasteiger partial charge in [-0.25, -0.2) is 0 Å². The zero-order chi connectivity index (χ0) is 14.1. The molecule has 2 aromatic carbocycles. The van der Waals surface area contributed by atoms with Crippen LogP contribution in [0.1, 0.15) is 5.56 Å². The van der Waals surface area contributed by atoms with Gasteiger partial charge >= 0.3 is 0 Å². The molecule has 100 valence electrons. The number of aromatic nitrogens is 2. The highest BCUT2D eigenvalue weighted by atomic mass is 15.1. The van der Waals surface area contributed by atoms with Crippen LogP contribution in [0, 0.1) is 6.92 Å². The van der Waals surface area contributed by atoms with E-state index in [1.807, 2.05) is 14.1 Å². The summed E-state index contributed by atoms with van der Waals surface area (Å²) in [6.07, 6.45) is 3.48. The zero-order valence-electron chi connectivity index (χ0n) is 12.0. The van der Waals surface area contributed by atoms with Gasteiger partial charge in [0.15, 0.2) is 0 Å². The van der Waals surface area contributed by atoms with E-state index in [2.05, 4.69) is 58.2 Å². The van der Waals surface area contributed by atoms with Crippen molar-refractivity contribution in [2.75, 3.05) is 19.0 Å². The van der Waals surface area contributed by atoms with Gasteiger partial charge in [0.1, 0.15) is 0 Å². The van der Waals surface area contributed by atoms with Gasteiger partial charge < -0.3 is 4.90 Å². The van der Waals surface area contributed by atoms with Crippen molar-refractivity contribution in [3.05, 3.63) is 54.4 Å². The lowest BCUT2D eigenvalue weighted by Gasteiger charge is -2.14. The predicted octanol–water partition coefficient (Wildman–Crippen LogP) is 3.67. The van der Waals surface area contributed by atoms with Crippen LogP contribution in [0.25, 0.3) is 22.2 Å². The Morgan fingerprint density at radius 2 is 1.75 bits per heavy atom. The van der Waals surface area contributed by atoms with E-state index in [4.69, 9.17) is 0 Å². The fourth-order valence-corrected chi connectivity index (χ4v) is 2.39. The maximum Gasteiger partial charge on any atom is 0.0965 e. The highest BCUT2D eigenvalue weighted by molar-refractivity contribution is 5.92. The normalized spacial score (nSPS) is 10.8. The Morgan fingerprint density at radius 3 is 2.55 bits per heavy atom. The first-order chi connectivity index (χ1) is 9.65. The number of nitrogens with zero attached hydrogens (tertiary/aromatic N) is 3. The van der Waals surface area contributed by atoms with E-state index in [0.29, 0.717) is 0 Å². The number of hydrogen-bond donors (Lipinski definition) is 0. The third kappa shape index (κ3) is 2.23. The number of benzene rings is 2. The quantitative estimate of drug-likeness (QED) is 0.706. The van der Waals surface area contributed by atoms with Crippen molar-refractivity contribution < 1.29 is 0 Å². The molecule has 0 saturated heterocycles. The molecule has 3 heteroatoms. The summed E-state index contributed by atoms with van der Waals surface area (Å²) in [5.74, 6) is 0. The van der Waals surface area contributed by atoms with Gasteiger partial charge in [0.25, 0.3) is 0 Å². The first kappa shape index (κ1) is 12.6. The average Bonchev–Trinajstić information content (AvgIpc) is 2.46. The number of fused-ring (bicyclic) bond motifs is 1. The Morgan fingerprint density at radius 1 is 0.950 bits per heavy atom. The topological polar surface area (TPSA) is 29.0 Å². The summed E-state index contributed by atoms with van der Waals surface area (Å²) >= 11 is 0. The Balaban J connectivity index is 2.26. The molecule has 1 heterocycles. The van der Waals surface area contributed by atoms with E-state index in [-0.39, 0.29) is 0 Å². The average molecular weight is 263 g/mol. The number of aryl methyl sites for hydroxylation is 1. The summed E-state index contributed by atoms with van der Waals surface area (Å²) in [4.78, 5) is 11.0. The van der Waals surface area contributed by atoms with Crippen LogP contribution in [0.5, 0.6) is 0 Å². The Kier molecular flexibility index (Phi) is 3.11. The fourth-order valence-electron chi connectivity index (χ4n) is 2.39. The minimum atomic E-state index is 0.942. The summed E-state index contributed by atoms with van der Waals surface area (Å²) in [7, 11) is 4.10. The van der Waals surface area contributed by atoms with Crippen molar-refractivity contribution in [3.63, 3.8) is 0 Å². The molecule has 3 rings (SSSR count). The van der Waals surface area contributed by atoms with Gasteiger partial charge in [-0.2, -0.15) is 0 Å². The SMILES string of the molecule is Cc1cc(-c2cccc(N(C)C)c2)c2nccnc2c1. The molecule has 0 unspecified atom stereocenters. The van der Waals surface area contributed by atoms with E-state index < -0.39 is 0 Å². The van der Waals surface area contributed by atoms with Gasteiger partial charge in [-0.1, -0.05) is 12.1 Å². The lowest BCUT2D eigenvalue weighted by Crippen LogP contribution is -2.08. The largest absolute Gasteiger partial charge is 0.378 e. The van der Waals surface area contributed by atoms with Crippen LogP contribution in [0.15, 0.2) is 48.8 Å². The van der Waals surface area contributed by atoms with E-state index in [1.54, 1.807) is 12.4 Å². The van der Waals surface area contributed by atoms with Gasteiger partial charge in [0.2, 0.25) is 0 Å². The molecule has 0 aliphatic heterocycles. The molecule has 20 heavy (non-hydrogen) atoms. The number of hydrogen-bond acceptors (Lipinski definition) is 3. The summed E-state index contributed by atoms with van der Waals surface area (Å²) in [5.41, 5.74) is 6.58. The maximum atomic E-state index is 4.50. The van der Waals surface area contributed by atoms with Crippen molar-refractivity contribution in [1.82, 2.24) is 9.97 Å². The lowest BCUT2D eigenvalue weighted by atomic mass is 10.0. The van der Waals surface area contributed by atoms with Crippen LogP contribution < -0.4 is 4.90 Å². The number of anilines is 1. The van der Waals surface area contributed by atoms with Crippen LogP contribution in [-0.2, 0) is 0 Å². The minimum absolute atomic E-state index is 0.942. The molecule has 0 aliphatic carbocycles. The van der Waals surface area contributed by atoms with Gasteiger partial charge in [-0.05, 0) is 42.3 Å². The van der Waals surface area contributed by atoms with Crippen LogP contribution in [0.3, 0.4) is 0 Å².